The van der Waals surface area contributed by atoms with Gasteiger partial charge in [0.2, 0.25) is 10.9 Å². The Balaban J connectivity index is 2.21. The number of ether oxygens (including phenoxy) is 1. The van der Waals surface area contributed by atoms with E-state index in [0.29, 0.717) is 19.0 Å². The maximum Gasteiger partial charge on any atom is 0.284 e. The average Bonchev–Trinajstić information content (AvgIpc) is 2.88. The lowest BCUT2D eigenvalue weighted by Crippen LogP contribution is -2.15. The topological polar surface area (TPSA) is 99.0 Å². The summed E-state index contributed by atoms with van der Waals surface area (Å²) in [6.07, 6.45) is 1.19. The van der Waals surface area contributed by atoms with Crippen molar-refractivity contribution < 1.29 is 13.2 Å². The molecular weight excluding hydrogens is 282 g/mol. The standard InChI is InChI=1S/C11H15N5O3S/c1-3-16-12-8-11(14-16)20(17,18)15-9-6-5-7-10(13-9)19-4-2/h5-8H,3-4H2,1-2H3,(H,13,15). The van der Waals surface area contributed by atoms with E-state index in [-0.39, 0.29) is 10.8 Å². The highest BCUT2D eigenvalue weighted by Crippen LogP contribution is 2.15. The van der Waals surface area contributed by atoms with E-state index >= 15 is 0 Å². The molecule has 2 heterocycles. The fraction of sp³-hybridized carbons (Fsp3) is 0.364. The van der Waals surface area contributed by atoms with Gasteiger partial charge in [-0.15, -0.1) is 5.10 Å². The van der Waals surface area contributed by atoms with Crippen LogP contribution in [-0.2, 0) is 16.6 Å². The summed E-state index contributed by atoms with van der Waals surface area (Å²) in [6, 6.07) is 4.83. The van der Waals surface area contributed by atoms with E-state index in [1.54, 1.807) is 12.1 Å². The van der Waals surface area contributed by atoms with Gasteiger partial charge >= 0.3 is 0 Å². The lowest BCUT2D eigenvalue weighted by atomic mass is 10.4. The predicted molar refractivity (Wildman–Crippen MR) is 71.9 cm³/mol. The molecule has 8 nitrogen and oxygen atoms in total. The van der Waals surface area contributed by atoms with Gasteiger partial charge in [0.1, 0.15) is 5.82 Å². The molecule has 0 aliphatic heterocycles. The molecule has 2 aromatic heterocycles. The van der Waals surface area contributed by atoms with Crippen molar-refractivity contribution in [3.05, 3.63) is 24.4 Å². The Bertz CT molecular complexity index is 683. The van der Waals surface area contributed by atoms with Gasteiger partial charge in [-0.05, 0) is 19.9 Å². The molecule has 2 rings (SSSR count). The minimum atomic E-state index is -3.80. The van der Waals surface area contributed by atoms with Crippen LogP contribution >= 0.6 is 0 Å². The first-order valence-electron chi connectivity index (χ1n) is 6.08. The van der Waals surface area contributed by atoms with Crippen LogP contribution in [0.5, 0.6) is 5.88 Å². The summed E-state index contributed by atoms with van der Waals surface area (Å²) in [5.74, 6) is 0.520. The highest BCUT2D eigenvalue weighted by molar-refractivity contribution is 7.92. The largest absolute Gasteiger partial charge is 0.478 e. The monoisotopic (exact) mass is 297 g/mol. The molecule has 2 aromatic rings. The van der Waals surface area contributed by atoms with Crippen LogP contribution in [0.2, 0.25) is 0 Å². The molecule has 0 saturated carbocycles. The van der Waals surface area contributed by atoms with E-state index in [2.05, 4.69) is 19.9 Å². The first kappa shape index (κ1) is 14.3. The summed E-state index contributed by atoms with van der Waals surface area (Å²) in [4.78, 5) is 5.32. The number of pyridine rings is 1. The van der Waals surface area contributed by atoms with E-state index in [0.717, 1.165) is 0 Å². The van der Waals surface area contributed by atoms with Gasteiger partial charge in [0.15, 0.2) is 0 Å². The molecule has 0 saturated heterocycles. The predicted octanol–water partition coefficient (Wildman–Crippen LogP) is 0.892. The summed E-state index contributed by atoms with van der Waals surface area (Å²) < 4.78 is 31.7. The van der Waals surface area contributed by atoms with Crippen molar-refractivity contribution in [1.29, 1.82) is 0 Å². The minimum absolute atomic E-state index is 0.150. The number of aryl methyl sites for hydroxylation is 1. The van der Waals surface area contributed by atoms with E-state index < -0.39 is 10.0 Å². The zero-order chi connectivity index (χ0) is 14.6. The highest BCUT2D eigenvalue weighted by atomic mass is 32.2. The van der Waals surface area contributed by atoms with Crippen molar-refractivity contribution in [2.75, 3.05) is 11.3 Å². The van der Waals surface area contributed by atoms with Crippen molar-refractivity contribution >= 4 is 15.8 Å². The van der Waals surface area contributed by atoms with Gasteiger partial charge in [-0.3, -0.25) is 4.72 Å². The number of hydrogen-bond acceptors (Lipinski definition) is 6. The third kappa shape index (κ3) is 3.23. The second kappa shape index (κ2) is 5.87. The summed E-state index contributed by atoms with van der Waals surface area (Å²) >= 11 is 0. The van der Waals surface area contributed by atoms with Crippen molar-refractivity contribution in [1.82, 2.24) is 20.0 Å². The molecule has 0 aliphatic carbocycles. The first-order valence-corrected chi connectivity index (χ1v) is 7.56. The molecule has 0 aromatic carbocycles. The van der Waals surface area contributed by atoms with Gasteiger partial charge < -0.3 is 4.74 Å². The maximum atomic E-state index is 12.1. The molecule has 108 valence electrons. The molecule has 1 N–H and O–H groups in total. The molecule has 0 bridgehead atoms. The fourth-order valence-corrected chi connectivity index (χ4v) is 2.33. The van der Waals surface area contributed by atoms with Crippen molar-refractivity contribution in [3.63, 3.8) is 0 Å². The molecule has 0 fully saturated rings. The van der Waals surface area contributed by atoms with Crippen molar-refractivity contribution in [2.24, 2.45) is 0 Å². The van der Waals surface area contributed by atoms with Crippen molar-refractivity contribution in [3.8, 4) is 5.88 Å². The Morgan fingerprint density at radius 3 is 2.80 bits per heavy atom. The Kier molecular flexibility index (Phi) is 4.18. The van der Waals surface area contributed by atoms with Crippen LogP contribution in [0.1, 0.15) is 13.8 Å². The Morgan fingerprint density at radius 2 is 2.15 bits per heavy atom. The number of sulfonamides is 1. The van der Waals surface area contributed by atoms with E-state index in [9.17, 15) is 8.42 Å². The summed E-state index contributed by atoms with van der Waals surface area (Å²) in [5, 5.41) is 7.53. The van der Waals surface area contributed by atoms with Gasteiger partial charge in [0.05, 0.1) is 19.3 Å². The second-order valence-electron chi connectivity index (χ2n) is 3.77. The molecule has 0 amide bonds. The lowest BCUT2D eigenvalue weighted by Gasteiger charge is -2.06. The third-order valence-corrected chi connectivity index (χ3v) is 3.54. The zero-order valence-corrected chi connectivity index (χ0v) is 12.0. The van der Waals surface area contributed by atoms with Gasteiger partial charge in [0.25, 0.3) is 10.0 Å². The van der Waals surface area contributed by atoms with Gasteiger partial charge in [0, 0.05) is 6.07 Å². The quantitative estimate of drug-likeness (QED) is 0.850. The average molecular weight is 297 g/mol. The number of nitrogens with one attached hydrogen (secondary N) is 1. The summed E-state index contributed by atoms with van der Waals surface area (Å²) in [6.45, 7) is 4.58. The van der Waals surface area contributed by atoms with Gasteiger partial charge in [-0.25, -0.2) is 0 Å². The van der Waals surface area contributed by atoms with Gasteiger partial charge in [-0.2, -0.15) is 23.3 Å². The molecule has 0 spiro atoms. The van der Waals surface area contributed by atoms with Crippen LogP contribution in [0.25, 0.3) is 0 Å². The molecule has 0 radical (unpaired) electrons. The van der Waals surface area contributed by atoms with Crippen LogP contribution in [0, 0.1) is 0 Å². The van der Waals surface area contributed by atoms with Crippen LogP contribution in [0.15, 0.2) is 29.4 Å². The van der Waals surface area contributed by atoms with Gasteiger partial charge in [-0.1, -0.05) is 6.07 Å². The third-order valence-electron chi connectivity index (χ3n) is 2.33. The Labute approximate surface area is 116 Å². The smallest absolute Gasteiger partial charge is 0.284 e. The van der Waals surface area contributed by atoms with E-state index in [1.165, 1.54) is 17.1 Å². The zero-order valence-electron chi connectivity index (χ0n) is 11.1. The normalized spacial score (nSPS) is 11.3. The number of rotatable bonds is 6. The number of nitrogens with zero attached hydrogens (tertiary/aromatic N) is 4. The fourth-order valence-electron chi connectivity index (χ4n) is 1.45. The molecule has 0 unspecified atom stereocenters. The number of hydrogen-bond donors (Lipinski definition) is 1. The molecule has 0 aliphatic rings. The highest BCUT2D eigenvalue weighted by Gasteiger charge is 2.19. The Hall–Kier alpha value is -2.16. The first-order chi connectivity index (χ1) is 9.55. The molecule has 0 atom stereocenters. The minimum Gasteiger partial charge on any atom is -0.478 e. The molecule has 20 heavy (non-hydrogen) atoms. The lowest BCUT2D eigenvalue weighted by molar-refractivity contribution is 0.327. The van der Waals surface area contributed by atoms with Crippen molar-refractivity contribution in [2.45, 2.75) is 25.4 Å². The Morgan fingerprint density at radius 1 is 1.35 bits per heavy atom. The van der Waals surface area contributed by atoms with Crippen LogP contribution in [0.4, 0.5) is 5.82 Å². The SMILES string of the molecule is CCOc1cccc(NS(=O)(=O)c2cnn(CC)n2)n1. The number of anilines is 1. The second-order valence-corrected chi connectivity index (χ2v) is 5.40. The number of aromatic nitrogens is 4. The van der Waals surface area contributed by atoms with E-state index in [1.807, 2.05) is 13.8 Å². The van der Waals surface area contributed by atoms with E-state index in [4.69, 9.17) is 4.74 Å². The van der Waals surface area contributed by atoms with Crippen LogP contribution < -0.4 is 9.46 Å². The maximum absolute atomic E-state index is 12.1. The van der Waals surface area contributed by atoms with Crippen LogP contribution in [-0.4, -0.2) is 35.0 Å². The summed E-state index contributed by atoms with van der Waals surface area (Å²) in [5.41, 5.74) is 0. The molecular formula is C11H15N5O3S. The van der Waals surface area contributed by atoms with Crippen LogP contribution in [0.3, 0.4) is 0 Å². The molecule has 9 heteroatoms. The summed E-state index contributed by atoms with van der Waals surface area (Å²) in [7, 11) is -3.80.